The molecule has 0 spiro atoms. The van der Waals surface area contributed by atoms with Crippen molar-refractivity contribution in [3.05, 3.63) is 108 Å². The molecule has 0 fully saturated rings. The third kappa shape index (κ3) is 6.39. The molecule has 2 N–H and O–H groups in total. The second-order valence-electron chi connectivity index (χ2n) is 7.46. The first-order valence-electron chi connectivity index (χ1n) is 10.2. The molecule has 0 heterocycles. The molecule has 0 radical (unpaired) electrons. The topological polar surface area (TPSA) is 66.4 Å². The zero-order chi connectivity index (χ0) is 21.2. The number of hydrogen-bond acceptors (Lipinski definition) is 3. The van der Waals surface area contributed by atoms with Crippen LogP contribution < -0.4 is 5.32 Å². The SMILES string of the molecule is O=C(C[C@@H](Cc1ccccc1)C(=O)N[C@@H](CO)Cc1ccccc1)c1ccccc1. The number of hydrogen-bond donors (Lipinski definition) is 2. The lowest BCUT2D eigenvalue weighted by Gasteiger charge is -2.22. The van der Waals surface area contributed by atoms with E-state index in [1.807, 2.05) is 78.9 Å². The first-order chi connectivity index (χ1) is 14.7. The highest BCUT2D eigenvalue weighted by Crippen LogP contribution is 2.17. The molecule has 0 aromatic heterocycles. The van der Waals surface area contributed by atoms with Gasteiger partial charge in [0.05, 0.1) is 12.6 Å². The lowest BCUT2D eigenvalue weighted by molar-refractivity contribution is -0.126. The van der Waals surface area contributed by atoms with E-state index in [0.29, 0.717) is 18.4 Å². The highest BCUT2D eigenvalue weighted by molar-refractivity contribution is 5.98. The van der Waals surface area contributed by atoms with Crippen molar-refractivity contribution >= 4 is 11.7 Å². The first kappa shape index (κ1) is 21.5. The van der Waals surface area contributed by atoms with E-state index in [0.717, 1.165) is 11.1 Å². The van der Waals surface area contributed by atoms with Crippen LogP contribution in [0.25, 0.3) is 0 Å². The number of rotatable bonds is 10. The van der Waals surface area contributed by atoms with E-state index >= 15 is 0 Å². The van der Waals surface area contributed by atoms with Crippen LogP contribution >= 0.6 is 0 Å². The summed E-state index contributed by atoms with van der Waals surface area (Å²) in [6, 6.07) is 28.1. The van der Waals surface area contributed by atoms with Gasteiger partial charge in [0.25, 0.3) is 0 Å². The van der Waals surface area contributed by atoms with E-state index in [2.05, 4.69) is 5.32 Å². The number of nitrogens with one attached hydrogen (secondary N) is 1. The molecular formula is C26H27NO3. The maximum absolute atomic E-state index is 13.1. The minimum absolute atomic E-state index is 0.0599. The van der Waals surface area contributed by atoms with Gasteiger partial charge in [-0.1, -0.05) is 91.0 Å². The monoisotopic (exact) mass is 401 g/mol. The van der Waals surface area contributed by atoms with E-state index in [1.54, 1.807) is 12.1 Å². The Bertz CT molecular complexity index is 926. The van der Waals surface area contributed by atoms with Crippen LogP contribution in [0, 0.1) is 5.92 Å². The van der Waals surface area contributed by atoms with Crippen LogP contribution in [-0.2, 0) is 17.6 Å². The summed E-state index contributed by atoms with van der Waals surface area (Å²) in [6.07, 6.45) is 1.12. The summed E-state index contributed by atoms with van der Waals surface area (Å²) < 4.78 is 0. The van der Waals surface area contributed by atoms with Crippen LogP contribution in [0.5, 0.6) is 0 Å². The molecule has 0 bridgehead atoms. The Labute approximate surface area is 177 Å². The highest BCUT2D eigenvalue weighted by Gasteiger charge is 2.25. The number of aliphatic hydroxyl groups is 1. The van der Waals surface area contributed by atoms with Crippen LogP contribution in [0.15, 0.2) is 91.0 Å². The Morgan fingerprint density at radius 3 is 1.77 bits per heavy atom. The first-order valence-corrected chi connectivity index (χ1v) is 10.2. The van der Waals surface area contributed by atoms with E-state index in [-0.39, 0.29) is 24.7 Å². The summed E-state index contributed by atoms with van der Waals surface area (Å²) in [5, 5.41) is 12.7. The van der Waals surface area contributed by atoms with Gasteiger partial charge < -0.3 is 10.4 Å². The Hall–Kier alpha value is -3.24. The smallest absolute Gasteiger partial charge is 0.224 e. The summed E-state index contributed by atoms with van der Waals surface area (Å²) in [5.74, 6) is -0.779. The molecule has 0 unspecified atom stereocenters. The van der Waals surface area contributed by atoms with Crippen molar-refractivity contribution in [3.63, 3.8) is 0 Å². The maximum atomic E-state index is 13.1. The normalized spacial score (nSPS) is 12.7. The maximum Gasteiger partial charge on any atom is 0.224 e. The van der Waals surface area contributed by atoms with E-state index < -0.39 is 12.0 Å². The standard InChI is InChI=1S/C26H27NO3/c28-19-24(17-21-12-6-2-7-13-21)27-26(30)23(16-20-10-4-1-5-11-20)18-25(29)22-14-8-3-9-15-22/h1-15,23-24,28H,16-19H2,(H,27,30)/t23-,24-/m1/s1. The van der Waals surface area contributed by atoms with Crippen molar-refractivity contribution in [2.75, 3.05) is 6.61 Å². The number of aliphatic hydroxyl groups excluding tert-OH is 1. The minimum Gasteiger partial charge on any atom is -0.394 e. The van der Waals surface area contributed by atoms with Crippen molar-refractivity contribution in [2.45, 2.75) is 25.3 Å². The lowest BCUT2D eigenvalue weighted by Crippen LogP contribution is -2.43. The fraction of sp³-hybridized carbons (Fsp3) is 0.231. The molecule has 0 aliphatic carbocycles. The van der Waals surface area contributed by atoms with Crippen molar-refractivity contribution in [2.24, 2.45) is 5.92 Å². The number of ketones is 1. The summed E-state index contributed by atoms with van der Waals surface area (Å²) >= 11 is 0. The van der Waals surface area contributed by atoms with Crippen molar-refractivity contribution < 1.29 is 14.7 Å². The molecule has 4 nitrogen and oxygen atoms in total. The number of benzene rings is 3. The Morgan fingerprint density at radius 1 is 0.733 bits per heavy atom. The molecule has 3 aromatic carbocycles. The lowest BCUT2D eigenvalue weighted by atomic mass is 9.91. The fourth-order valence-corrected chi connectivity index (χ4v) is 3.50. The van der Waals surface area contributed by atoms with Crippen LogP contribution in [0.4, 0.5) is 0 Å². The van der Waals surface area contributed by atoms with Crippen molar-refractivity contribution in [1.82, 2.24) is 5.32 Å². The quantitative estimate of drug-likeness (QED) is 0.507. The van der Waals surface area contributed by atoms with Gasteiger partial charge in [-0.05, 0) is 24.0 Å². The van der Waals surface area contributed by atoms with Gasteiger partial charge in [-0.25, -0.2) is 0 Å². The van der Waals surface area contributed by atoms with Gasteiger partial charge in [-0.3, -0.25) is 9.59 Å². The second-order valence-corrected chi connectivity index (χ2v) is 7.46. The van der Waals surface area contributed by atoms with Gasteiger partial charge in [-0.2, -0.15) is 0 Å². The van der Waals surface area contributed by atoms with Gasteiger partial charge in [0.1, 0.15) is 0 Å². The van der Waals surface area contributed by atoms with Crippen molar-refractivity contribution in [1.29, 1.82) is 0 Å². The second kappa shape index (κ2) is 11.1. The predicted molar refractivity (Wildman–Crippen MR) is 118 cm³/mol. The highest BCUT2D eigenvalue weighted by atomic mass is 16.3. The van der Waals surface area contributed by atoms with Crippen molar-refractivity contribution in [3.8, 4) is 0 Å². The summed E-state index contributed by atoms with van der Waals surface area (Å²) in [4.78, 5) is 25.9. The molecule has 0 aliphatic heterocycles. The number of Topliss-reactive ketones (excluding diaryl/α,β-unsaturated/α-hetero) is 1. The van der Waals surface area contributed by atoms with Gasteiger partial charge in [0.2, 0.25) is 5.91 Å². The molecule has 2 atom stereocenters. The minimum atomic E-state index is -0.509. The molecule has 30 heavy (non-hydrogen) atoms. The van der Waals surface area contributed by atoms with Gasteiger partial charge in [-0.15, -0.1) is 0 Å². The van der Waals surface area contributed by atoms with Crippen LogP contribution in [0.2, 0.25) is 0 Å². The van der Waals surface area contributed by atoms with Gasteiger partial charge in [0.15, 0.2) is 5.78 Å². The van der Waals surface area contributed by atoms with E-state index in [9.17, 15) is 14.7 Å². The van der Waals surface area contributed by atoms with E-state index in [4.69, 9.17) is 0 Å². The Balaban J connectivity index is 1.72. The number of carbonyl (C=O) groups is 2. The zero-order valence-corrected chi connectivity index (χ0v) is 16.9. The summed E-state index contributed by atoms with van der Waals surface area (Å²) in [5.41, 5.74) is 2.64. The fourth-order valence-electron chi connectivity index (χ4n) is 3.50. The molecule has 0 aliphatic rings. The molecule has 0 saturated heterocycles. The third-order valence-corrected chi connectivity index (χ3v) is 5.11. The third-order valence-electron chi connectivity index (χ3n) is 5.11. The van der Waals surface area contributed by atoms with Crippen LogP contribution in [0.3, 0.4) is 0 Å². The number of carbonyl (C=O) groups excluding carboxylic acids is 2. The molecular weight excluding hydrogens is 374 g/mol. The molecule has 4 heteroatoms. The van der Waals surface area contributed by atoms with Crippen LogP contribution in [-0.4, -0.2) is 29.4 Å². The molecule has 1 amide bonds. The summed E-state index contributed by atoms with van der Waals surface area (Å²) in [7, 11) is 0. The molecule has 154 valence electrons. The number of amides is 1. The molecule has 3 aromatic rings. The molecule has 3 rings (SSSR count). The zero-order valence-electron chi connectivity index (χ0n) is 16.9. The van der Waals surface area contributed by atoms with Gasteiger partial charge >= 0.3 is 0 Å². The Morgan fingerprint density at radius 2 is 1.23 bits per heavy atom. The largest absolute Gasteiger partial charge is 0.394 e. The average molecular weight is 402 g/mol. The average Bonchev–Trinajstić information content (AvgIpc) is 2.80. The van der Waals surface area contributed by atoms with Gasteiger partial charge in [0, 0.05) is 17.9 Å². The molecule has 0 saturated carbocycles. The summed E-state index contributed by atoms with van der Waals surface area (Å²) in [6.45, 7) is -0.161. The Kier molecular flexibility index (Phi) is 7.93. The predicted octanol–water partition coefficient (Wildman–Crippen LogP) is 3.84. The van der Waals surface area contributed by atoms with Crippen LogP contribution in [0.1, 0.15) is 27.9 Å². The van der Waals surface area contributed by atoms with E-state index in [1.165, 1.54) is 0 Å².